The number of nitriles is 1. The second kappa shape index (κ2) is 13.9. The zero-order valence-corrected chi connectivity index (χ0v) is 27.0. The van der Waals surface area contributed by atoms with E-state index in [4.69, 9.17) is 21.6 Å². The topological polar surface area (TPSA) is 105 Å². The maximum absolute atomic E-state index is 14.6. The molecule has 1 fully saturated rings. The highest BCUT2D eigenvalue weighted by Gasteiger charge is 2.35. The van der Waals surface area contributed by atoms with Crippen LogP contribution in [0.3, 0.4) is 0 Å². The predicted octanol–water partition coefficient (Wildman–Crippen LogP) is 5.62. The van der Waals surface area contributed by atoms with E-state index in [1.165, 1.54) is 0 Å². The Bertz CT molecular complexity index is 1740. The second-order valence-corrected chi connectivity index (χ2v) is 13.0. The summed E-state index contributed by atoms with van der Waals surface area (Å²) in [6.07, 6.45) is 4.41. The predicted molar refractivity (Wildman–Crippen MR) is 180 cm³/mol. The van der Waals surface area contributed by atoms with E-state index in [-0.39, 0.29) is 24.0 Å². The Kier molecular flexibility index (Phi) is 9.48. The first-order valence-electron chi connectivity index (χ1n) is 15.8. The zero-order valence-electron chi connectivity index (χ0n) is 26.2. The summed E-state index contributed by atoms with van der Waals surface area (Å²) in [5, 5.41) is 13.9. The van der Waals surface area contributed by atoms with Gasteiger partial charge in [-0.15, -0.1) is 0 Å². The number of urea groups is 1. The van der Waals surface area contributed by atoms with E-state index >= 15 is 0 Å². The lowest BCUT2D eigenvalue weighted by Crippen LogP contribution is -2.56. The van der Waals surface area contributed by atoms with Crippen LogP contribution in [-0.4, -0.2) is 79.1 Å². The molecule has 2 atom stereocenters. The Morgan fingerprint density at radius 1 is 1.11 bits per heavy atom. The van der Waals surface area contributed by atoms with Gasteiger partial charge >= 0.3 is 6.03 Å². The van der Waals surface area contributed by atoms with E-state index < -0.39 is 6.04 Å². The summed E-state index contributed by atoms with van der Waals surface area (Å²) in [5.41, 5.74) is 4.44. The Morgan fingerprint density at radius 3 is 2.61 bits per heavy atom. The number of rotatable bonds is 8. The van der Waals surface area contributed by atoms with Gasteiger partial charge in [0.25, 0.3) is 0 Å². The van der Waals surface area contributed by atoms with Gasteiger partial charge in [-0.05, 0) is 86.1 Å². The van der Waals surface area contributed by atoms with Crippen molar-refractivity contribution in [2.45, 2.75) is 37.8 Å². The highest BCUT2D eigenvalue weighted by molar-refractivity contribution is 6.30. The number of nitrogens with one attached hydrogen (secondary N) is 2. The Labute approximate surface area is 274 Å². The number of amides is 3. The van der Waals surface area contributed by atoms with Crippen LogP contribution in [0.4, 0.5) is 10.5 Å². The summed E-state index contributed by atoms with van der Waals surface area (Å²) in [6, 6.07) is 21.9. The number of ether oxygens (including phenoxy) is 1. The van der Waals surface area contributed by atoms with E-state index in [2.05, 4.69) is 21.3 Å². The van der Waals surface area contributed by atoms with Crippen molar-refractivity contribution in [3.8, 4) is 11.8 Å². The van der Waals surface area contributed by atoms with E-state index in [0.717, 1.165) is 40.7 Å². The standard InChI is InChI=1S/C36H39ClN6O3/c1-41(2)22-25-17-26-18-28(37)9-12-34(26)43(23-25)35(44)33(19-27-21-39-32-6-4-3-5-31(27)32)40-36(45)42-15-13-30(14-16-42)46-29-10-7-24(20-38)8-11-29/h3-12,18,21,25,30,33,39H,13-17,19,22-23H2,1-2H3,(H,40,45)/t25-,33+/m0/s1. The van der Waals surface area contributed by atoms with Gasteiger partial charge in [-0.3, -0.25) is 4.79 Å². The number of carbonyl (C=O) groups is 2. The highest BCUT2D eigenvalue weighted by atomic mass is 35.5. The molecule has 2 aliphatic heterocycles. The number of H-pyrrole nitrogens is 1. The van der Waals surface area contributed by atoms with Crippen LogP contribution in [-0.2, 0) is 17.6 Å². The minimum atomic E-state index is -0.777. The number of aromatic nitrogens is 1. The molecule has 1 saturated heterocycles. The smallest absolute Gasteiger partial charge is 0.318 e. The van der Waals surface area contributed by atoms with Crippen molar-refractivity contribution >= 4 is 40.1 Å². The largest absolute Gasteiger partial charge is 0.490 e. The SMILES string of the molecule is CN(C)C[C@@H]1Cc2cc(Cl)ccc2N(C(=O)[C@@H](Cc2c[nH]c3ccccc23)NC(=O)N2CCC(Oc3ccc(C#N)cc3)CC2)C1. The normalized spacial score (nSPS) is 17.4. The number of piperidine rings is 1. The number of para-hydroxylation sites is 1. The number of hydrogen-bond donors (Lipinski definition) is 2. The van der Waals surface area contributed by atoms with Crippen molar-refractivity contribution < 1.29 is 14.3 Å². The Hall–Kier alpha value is -4.52. The molecular weight excluding hydrogens is 600 g/mol. The summed E-state index contributed by atoms with van der Waals surface area (Å²) in [4.78, 5) is 37.4. The molecule has 46 heavy (non-hydrogen) atoms. The summed E-state index contributed by atoms with van der Waals surface area (Å²) in [7, 11) is 4.08. The van der Waals surface area contributed by atoms with Crippen LogP contribution in [0, 0.1) is 17.2 Å². The number of aromatic amines is 1. The molecule has 0 aliphatic carbocycles. The summed E-state index contributed by atoms with van der Waals surface area (Å²) in [5.74, 6) is 0.802. The highest BCUT2D eigenvalue weighted by Crippen LogP contribution is 2.33. The third kappa shape index (κ3) is 7.14. The van der Waals surface area contributed by atoms with Crippen LogP contribution in [0.15, 0.2) is 72.9 Å². The van der Waals surface area contributed by atoms with Crippen LogP contribution in [0.1, 0.15) is 29.5 Å². The fraction of sp³-hybridized carbons (Fsp3) is 0.361. The molecule has 0 radical (unpaired) electrons. The van der Waals surface area contributed by atoms with Crippen molar-refractivity contribution in [1.29, 1.82) is 5.26 Å². The second-order valence-electron chi connectivity index (χ2n) is 12.6. The Morgan fingerprint density at radius 2 is 1.87 bits per heavy atom. The first-order valence-corrected chi connectivity index (χ1v) is 16.2. The molecule has 3 aromatic carbocycles. The van der Waals surface area contributed by atoms with Gasteiger partial charge in [0.05, 0.1) is 11.6 Å². The van der Waals surface area contributed by atoms with Gasteiger partial charge in [0, 0.05) is 73.3 Å². The van der Waals surface area contributed by atoms with E-state index in [0.29, 0.717) is 55.2 Å². The molecule has 0 bridgehead atoms. The molecule has 0 unspecified atom stereocenters. The Balaban J connectivity index is 1.20. The van der Waals surface area contributed by atoms with Crippen molar-refractivity contribution in [1.82, 2.24) is 20.1 Å². The van der Waals surface area contributed by atoms with E-state index in [1.54, 1.807) is 29.2 Å². The third-order valence-electron chi connectivity index (χ3n) is 8.88. The lowest BCUT2D eigenvalue weighted by molar-refractivity contribution is -0.120. The molecule has 0 spiro atoms. The van der Waals surface area contributed by atoms with Crippen LogP contribution in [0.25, 0.3) is 10.9 Å². The molecule has 238 valence electrons. The van der Waals surface area contributed by atoms with Gasteiger partial charge < -0.3 is 29.7 Å². The molecule has 4 aromatic rings. The van der Waals surface area contributed by atoms with Gasteiger partial charge in [0.1, 0.15) is 17.9 Å². The number of carbonyl (C=O) groups excluding carboxylic acids is 2. The number of benzene rings is 3. The van der Waals surface area contributed by atoms with Crippen LogP contribution in [0.2, 0.25) is 5.02 Å². The molecule has 6 rings (SSSR count). The van der Waals surface area contributed by atoms with E-state index in [1.807, 2.05) is 67.7 Å². The van der Waals surface area contributed by atoms with Gasteiger partial charge in [0.2, 0.25) is 5.91 Å². The van der Waals surface area contributed by atoms with Gasteiger partial charge in [-0.2, -0.15) is 5.26 Å². The van der Waals surface area contributed by atoms with Crippen molar-refractivity contribution in [2.24, 2.45) is 5.92 Å². The number of nitrogens with zero attached hydrogens (tertiary/aromatic N) is 4. The number of halogens is 1. The minimum absolute atomic E-state index is 0.0362. The lowest BCUT2D eigenvalue weighted by atomic mass is 9.91. The minimum Gasteiger partial charge on any atom is -0.490 e. The lowest BCUT2D eigenvalue weighted by Gasteiger charge is -2.38. The average molecular weight is 639 g/mol. The van der Waals surface area contributed by atoms with Crippen LogP contribution < -0.4 is 15.0 Å². The summed E-state index contributed by atoms with van der Waals surface area (Å²) in [6.45, 7) is 2.41. The maximum atomic E-state index is 14.6. The first kappa shape index (κ1) is 31.5. The molecule has 1 aromatic heterocycles. The molecule has 3 amide bonds. The quantitative estimate of drug-likeness (QED) is 0.261. The number of likely N-dealkylation sites (tertiary alicyclic amines) is 1. The van der Waals surface area contributed by atoms with Gasteiger partial charge in [-0.25, -0.2) is 4.79 Å². The first-order chi connectivity index (χ1) is 22.3. The fourth-order valence-electron chi connectivity index (χ4n) is 6.69. The molecular formula is C36H39ClN6O3. The maximum Gasteiger partial charge on any atom is 0.318 e. The third-order valence-corrected chi connectivity index (χ3v) is 9.12. The van der Waals surface area contributed by atoms with Crippen molar-refractivity contribution in [3.63, 3.8) is 0 Å². The molecule has 10 heteroatoms. The van der Waals surface area contributed by atoms with Crippen LogP contribution in [0.5, 0.6) is 5.75 Å². The number of hydrogen-bond acceptors (Lipinski definition) is 5. The summed E-state index contributed by atoms with van der Waals surface area (Å²) >= 11 is 6.39. The molecule has 2 N–H and O–H groups in total. The van der Waals surface area contributed by atoms with E-state index in [9.17, 15) is 9.59 Å². The number of anilines is 1. The van der Waals surface area contributed by atoms with Crippen molar-refractivity contribution in [3.05, 3.63) is 94.6 Å². The molecule has 3 heterocycles. The summed E-state index contributed by atoms with van der Waals surface area (Å²) < 4.78 is 6.13. The molecule has 0 saturated carbocycles. The average Bonchev–Trinajstić information content (AvgIpc) is 3.46. The van der Waals surface area contributed by atoms with Gasteiger partial charge in [0.15, 0.2) is 0 Å². The van der Waals surface area contributed by atoms with Gasteiger partial charge in [-0.1, -0.05) is 29.8 Å². The number of fused-ring (bicyclic) bond motifs is 2. The monoisotopic (exact) mass is 638 g/mol. The van der Waals surface area contributed by atoms with Crippen molar-refractivity contribution in [2.75, 3.05) is 45.2 Å². The molecule has 2 aliphatic rings. The van der Waals surface area contributed by atoms with Crippen LogP contribution >= 0.6 is 11.6 Å². The zero-order chi connectivity index (χ0) is 32.2. The fourth-order valence-corrected chi connectivity index (χ4v) is 6.88. The molecule has 9 nitrogen and oxygen atoms in total.